The molecule has 4 aliphatic carbocycles. The topological polar surface area (TPSA) is 3.24 Å². The molecule has 0 heterocycles. The van der Waals surface area contributed by atoms with Gasteiger partial charge in [0.1, 0.15) is 0 Å². The Morgan fingerprint density at radius 3 is 1.69 bits per heavy atom. The number of hydrogen-bond acceptors (Lipinski definition) is 1. The SMILES string of the molecule is C1=CC2C3=C(CCC=C3)C3=C(C=CC(C(CCc4ccc(-c5ccc(N(c6ccccc6)c6ccc7c8ccccc8c8ccccc8c7c6)cc5)cc4)c4ccccc4)C3)C2C=C1. The third-order valence-corrected chi connectivity index (χ3v) is 14.6. The first-order valence-corrected chi connectivity index (χ1v) is 23.3. The van der Waals surface area contributed by atoms with Gasteiger partial charge in [-0.2, -0.15) is 0 Å². The highest BCUT2D eigenvalue weighted by molar-refractivity contribution is 6.25. The van der Waals surface area contributed by atoms with Crippen LogP contribution in [0.1, 0.15) is 42.7 Å². The molecule has 308 valence electrons. The molecule has 64 heavy (non-hydrogen) atoms. The zero-order valence-corrected chi connectivity index (χ0v) is 36.2. The van der Waals surface area contributed by atoms with Crippen molar-refractivity contribution in [3.63, 3.8) is 0 Å². The Kier molecular flexibility index (Phi) is 9.90. The number of fused-ring (bicyclic) bond motifs is 10. The lowest BCUT2D eigenvalue weighted by Gasteiger charge is -2.41. The van der Waals surface area contributed by atoms with Crippen LogP contribution in [0.5, 0.6) is 0 Å². The van der Waals surface area contributed by atoms with Crippen LogP contribution in [0.15, 0.2) is 247 Å². The van der Waals surface area contributed by atoms with Gasteiger partial charge in [-0.1, -0.05) is 188 Å². The Labute approximate surface area is 377 Å². The first-order chi connectivity index (χ1) is 31.7. The molecule has 12 rings (SSSR count). The van der Waals surface area contributed by atoms with E-state index >= 15 is 0 Å². The number of aryl methyl sites for hydroxylation is 1. The van der Waals surface area contributed by atoms with Crippen molar-refractivity contribution in [2.45, 2.75) is 38.0 Å². The van der Waals surface area contributed by atoms with Gasteiger partial charge in [-0.15, -0.1) is 0 Å². The molecule has 4 atom stereocenters. The fourth-order valence-electron chi connectivity index (χ4n) is 11.5. The maximum absolute atomic E-state index is 2.57. The third-order valence-electron chi connectivity index (χ3n) is 14.6. The fourth-order valence-corrected chi connectivity index (χ4v) is 11.5. The monoisotopic (exact) mass is 821 g/mol. The van der Waals surface area contributed by atoms with Crippen molar-refractivity contribution in [3.05, 3.63) is 258 Å². The van der Waals surface area contributed by atoms with Crippen molar-refractivity contribution >= 4 is 49.4 Å². The van der Waals surface area contributed by atoms with Crippen LogP contribution in [0.3, 0.4) is 0 Å². The minimum Gasteiger partial charge on any atom is -0.310 e. The molecule has 8 aromatic rings. The number of nitrogens with zero attached hydrogens (tertiary/aromatic N) is 1. The van der Waals surface area contributed by atoms with Crippen molar-refractivity contribution in [2.24, 2.45) is 17.8 Å². The highest BCUT2D eigenvalue weighted by atomic mass is 15.1. The maximum Gasteiger partial charge on any atom is 0.0468 e. The van der Waals surface area contributed by atoms with Gasteiger partial charge in [0.05, 0.1) is 0 Å². The number of hydrogen-bond donors (Lipinski definition) is 0. The largest absolute Gasteiger partial charge is 0.310 e. The van der Waals surface area contributed by atoms with Crippen molar-refractivity contribution < 1.29 is 0 Å². The van der Waals surface area contributed by atoms with Gasteiger partial charge in [0.2, 0.25) is 0 Å². The second-order valence-electron chi connectivity index (χ2n) is 18.1. The summed E-state index contributed by atoms with van der Waals surface area (Å²) in [6.45, 7) is 0. The summed E-state index contributed by atoms with van der Waals surface area (Å²) in [5.41, 5.74) is 15.1. The van der Waals surface area contributed by atoms with Gasteiger partial charge in [0.25, 0.3) is 0 Å². The maximum atomic E-state index is 2.57. The molecule has 0 aromatic heterocycles. The quantitative estimate of drug-likeness (QED) is 0.131. The molecule has 0 fully saturated rings. The van der Waals surface area contributed by atoms with Gasteiger partial charge in [-0.05, 0) is 157 Å². The second kappa shape index (κ2) is 16.5. The molecule has 0 saturated heterocycles. The molecule has 0 spiro atoms. The lowest BCUT2D eigenvalue weighted by molar-refractivity contribution is 0.456. The van der Waals surface area contributed by atoms with E-state index in [2.05, 4.69) is 229 Å². The number of allylic oxidation sites excluding steroid dienone is 12. The van der Waals surface area contributed by atoms with Crippen LogP contribution in [0, 0.1) is 17.8 Å². The number of anilines is 3. The van der Waals surface area contributed by atoms with Crippen molar-refractivity contribution in [1.29, 1.82) is 0 Å². The van der Waals surface area contributed by atoms with Gasteiger partial charge >= 0.3 is 0 Å². The summed E-state index contributed by atoms with van der Waals surface area (Å²) in [6, 6.07) is 65.2. The molecule has 4 unspecified atom stereocenters. The molecule has 0 N–H and O–H groups in total. The van der Waals surface area contributed by atoms with Crippen LogP contribution in [-0.2, 0) is 6.42 Å². The van der Waals surface area contributed by atoms with E-state index in [0.717, 1.165) is 42.7 Å². The Balaban J connectivity index is 0.804. The fraction of sp³-hybridized carbons (Fsp3) is 0.143. The Morgan fingerprint density at radius 2 is 1.02 bits per heavy atom. The van der Waals surface area contributed by atoms with E-state index in [-0.39, 0.29) is 0 Å². The van der Waals surface area contributed by atoms with Gasteiger partial charge < -0.3 is 4.90 Å². The molecular formula is C63H51N. The summed E-state index contributed by atoms with van der Waals surface area (Å²) >= 11 is 0. The third kappa shape index (κ3) is 6.88. The van der Waals surface area contributed by atoms with Crippen LogP contribution in [-0.4, -0.2) is 0 Å². The smallest absolute Gasteiger partial charge is 0.0468 e. The predicted molar refractivity (Wildman–Crippen MR) is 272 cm³/mol. The molecule has 8 aromatic carbocycles. The first-order valence-electron chi connectivity index (χ1n) is 23.3. The lowest BCUT2D eigenvalue weighted by Crippen LogP contribution is -2.28. The second-order valence-corrected chi connectivity index (χ2v) is 18.1. The van der Waals surface area contributed by atoms with Gasteiger partial charge in [0.15, 0.2) is 0 Å². The van der Waals surface area contributed by atoms with E-state index in [1.165, 1.54) is 61.0 Å². The Hall–Kier alpha value is -7.22. The van der Waals surface area contributed by atoms with Crippen LogP contribution in [0.2, 0.25) is 0 Å². The number of rotatable bonds is 9. The zero-order chi connectivity index (χ0) is 42.4. The minimum absolute atomic E-state index is 0.453. The van der Waals surface area contributed by atoms with Crippen molar-refractivity contribution in [2.75, 3.05) is 4.90 Å². The summed E-state index contributed by atoms with van der Waals surface area (Å²) < 4.78 is 0. The summed E-state index contributed by atoms with van der Waals surface area (Å²) in [5.74, 6) is 1.86. The van der Waals surface area contributed by atoms with E-state index in [4.69, 9.17) is 0 Å². The Bertz CT molecular complexity index is 3200. The summed E-state index contributed by atoms with van der Waals surface area (Å²) in [6.07, 6.45) is 24.9. The molecule has 4 aliphatic rings. The minimum atomic E-state index is 0.453. The molecule has 0 radical (unpaired) electrons. The highest BCUT2D eigenvalue weighted by Gasteiger charge is 2.37. The predicted octanol–water partition coefficient (Wildman–Crippen LogP) is 16.9. The van der Waals surface area contributed by atoms with E-state index < -0.39 is 0 Å². The van der Waals surface area contributed by atoms with Crippen LogP contribution in [0.4, 0.5) is 17.1 Å². The van der Waals surface area contributed by atoms with Crippen molar-refractivity contribution in [3.8, 4) is 11.1 Å². The van der Waals surface area contributed by atoms with Crippen molar-refractivity contribution in [1.82, 2.24) is 0 Å². The first kappa shape index (κ1) is 38.5. The normalized spacial score (nSPS) is 19.2. The van der Waals surface area contributed by atoms with Gasteiger partial charge in [-0.25, -0.2) is 0 Å². The van der Waals surface area contributed by atoms with Crippen LogP contribution >= 0.6 is 0 Å². The molecule has 0 aliphatic heterocycles. The number of benzene rings is 8. The molecule has 0 amide bonds. The molecule has 1 heteroatoms. The van der Waals surface area contributed by atoms with E-state index in [9.17, 15) is 0 Å². The summed E-state index contributed by atoms with van der Waals surface area (Å²) in [7, 11) is 0. The van der Waals surface area contributed by atoms with E-state index in [1.54, 1.807) is 22.3 Å². The molecule has 0 bridgehead atoms. The molecular weight excluding hydrogens is 771 g/mol. The van der Waals surface area contributed by atoms with Crippen LogP contribution < -0.4 is 4.90 Å². The van der Waals surface area contributed by atoms with E-state index in [1.807, 2.05) is 0 Å². The average Bonchev–Trinajstić information content (AvgIpc) is 3.38. The highest BCUT2D eigenvalue weighted by Crippen LogP contribution is 2.51. The molecule has 1 nitrogen and oxygen atoms in total. The summed E-state index contributed by atoms with van der Waals surface area (Å²) in [5, 5.41) is 7.71. The lowest BCUT2D eigenvalue weighted by atomic mass is 9.63. The standard InChI is InChI=1S/C63H51N/c1-3-15-46(16-4-1)51(47-34-39-60-56-23-9-7-19-52(56)54-21-11-13-25-58(54)62(60)41-47)38-29-43-27-30-44(31-28-43)45-32-35-49(36-33-45)64(48-17-5-2-6-18-48)50-37-40-61-57-24-10-8-20-53(57)55-22-12-14-26-59(55)63(61)42-50/h1-12,14-24,26-28,30-37,39-40,42,47,51-52,56H,13,25,29,38,41H2. The molecule has 0 saturated carbocycles. The summed E-state index contributed by atoms with van der Waals surface area (Å²) in [4.78, 5) is 2.38. The number of para-hydroxylation sites is 1. The zero-order valence-electron chi connectivity index (χ0n) is 36.2. The van der Waals surface area contributed by atoms with Gasteiger partial charge in [0, 0.05) is 28.9 Å². The Morgan fingerprint density at radius 1 is 0.469 bits per heavy atom. The van der Waals surface area contributed by atoms with Gasteiger partial charge in [-0.3, -0.25) is 0 Å². The van der Waals surface area contributed by atoms with Crippen LogP contribution in [0.25, 0.3) is 43.4 Å². The average molecular weight is 822 g/mol. The van der Waals surface area contributed by atoms with E-state index in [0.29, 0.717) is 23.7 Å².